The molecule has 0 bridgehead atoms. The van der Waals surface area contributed by atoms with Crippen LogP contribution < -0.4 is 0 Å². The number of Topliss-reactive ketones (excluding diaryl/α,β-unsaturated/α-hetero) is 2. The Labute approximate surface area is 128 Å². The molecule has 2 aliphatic rings. The van der Waals surface area contributed by atoms with Gasteiger partial charge in [-0.2, -0.15) is 0 Å². The minimum atomic E-state index is -1.22. The van der Waals surface area contributed by atoms with Crippen LogP contribution in [0.15, 0.2) is 72.0 Å². The quantitative estimate of drug-likeness (QED) is 0.798. The highest BCUT2D eigenvalue weighted by Gasteiger charge is 2.55. The van der Waals surface area contributed by atoms with Gasteiger partial charge in [-0.3, -0.25) is 9.59 Å². The Bertz CT molecular complexity index is 748. The van der Waals surface area contributed by atoms with E-state index in [4.69, 9.17) is 4.74 Å². The number of ether oxygens (including phenoxy) is 1. The molecule has 1 heterocycles. The van der Waals surface area contributed by atoms with Gasteiger partial charge < -0.3 is 4.74 Å². The molecule has 0 radical (unpaired) electrons. The van der Waals surface area contributed by atoms with Gasteiger partial charge in [-0.1, -0.05) is 60.7 Å². The van der Waals surface area contributed by atoms with Crippen LogP contribution in [0.1, 0.15) is 24.0 Å². The number of ketones is 2. The molecule has 0 unspecified atom stereocenters. The van der Waals surface area contributed by atoms with Crippen LogP contribution in [-0.4, -0.2) is 11.6 Å². The molecule has 0 N–H and O–H groups in total. The highest BCUT2D eigenvalue weighted by Crippen LogP contribution is 2.47. The third-order valence-corrected chi connectivity index (χ3v) is 4.32. The van der Waals surface area contributed by atoms with Crippen molar-refractivity contribution in [1.82, 2.24) is 0 Å². The summed E-state index contributed by atoms with van der Waals surface area (Å²) in [5, 5.41) is 0. The zero-order valence-electron chi connectivity index (χ0n) is 11.9. The van der Waals surface area contributed by atoms with Gasteiger partial charge in [-0.25, -0.2) is 0 Å². The number of hydrogen-bond acceptors (Lipinski definition) is 3. The van der Waals surface area contributed by atoms with E-state index in [0.717, 1.165) is 11.1 Å². The lowest BCUT2D eigenvalue weighted by atomic mass is 9.81. The van der Waals surface area contributed by atoms with E-state index in [0.29, 0.717) is 18.6 Å². The van der Waals surface area contributed by atoms with Crippen molar-refractivity contribution < 1.29 is 14.3 Å². The molecule has 0 amide bonds. The van der Waals surface area contributed by atoms with Crippen LogP contribution in [0.5, 0.6) is 0 Å². The maximum atomic E-state index is 13.1. The van der Waals surface area contributed by atoms with E-state index < -0.39 is 5.60 Å². The molecule has 2 aromatic carbocycles. The molecule has 0 saturated heterocycles. The number of carbonyl (C=O) groups is 2. The molecular weight excluding hydrogens is 276 g/mol. The zero-order chi connectivity index (χ0) is 15.2. The monoisotopic (exact) mass is 290 g/mol. The number of hydrogen-bond donors (Lipinski definition) is 0. The molecule has 2 aromatic rings. The summed E-state index contributed by atoms with van der Waals surface area (Å²) < 4.78 is 6.14. The molecule has 0 saturated carbocycles. The largest absolute Gasteiger partial charge is 0.473 e. The number of benzene rings is 2. The van der Waals surface area contributed by atoms with Crippen molar-refractivity contribution in [3.63, 3.8) is 0 Å². The summed E-state index contributed by atoms with van der Waals surface area (Å²) in [6.07, 6.45) is 0.886. The van der Waals surface area contributed by atoms with E-state index in [1.807, 2.05) is 60.7 Å². The number of carbonyl (C=O) groups excluding carboxylic acids is 2. The van der Waals surface area contributed by atoms with Gasteiger partial charge in [0.15, 0.2) is 5.78 Å². The fourth-order valence-electron chi connectivity index (χ4n) is 3.29. The van der Waals surface area contributed by atoms with Crippen LogP contribution >= 0.6 is 0 Å². The third kappa shape index (κ3) is 1.62. The molecule has 4 rings (SSSR count). The van der Waals surface area contributed by atoms with Crippen molar-refractivity contribution in [1.29, 1.82) is 0 Å². The highest BCUT2D eigenvalue weighted by molar-refractivity contribution is 6.27. The minimum Gasteiger partial charge on any atom is -0.473 e. The van der Waals surface area contributed by atoms with E-state index in [1.54, 1.807) is 0 Å². The minimum absolute atomic E-state index is 0.103. The summed E-state index contributed by atoms with van der Waals surface area (Å²) in [6, 6.07) is 18.8. The van der Waals surface area contributed by atoms with Gasteiger partial charge in [-0.05, 0) is 0 Å². The van der Waals surface area contributed by atoms with Crippen molar-refractivity contribution in [2.45, 2.75) is 18.4 Å². The van der Waals surface area contributed by atoms with Gasteiger partial charge >= 0.3 is 0 Å². The fourth-order valence-corrected chi connectivity index (χ4v) is 3.29. The average Bonchev–Trinajstić information content (AvgIpc) is 3.08. The molecule has 3 nitrogen and oxygen atoms in total. The first kappa shape index (κ1) is 13.0. The van der Waals surface area contributed by atoms with Gasteiger partial charge in [0.2, 0.25) is 11.4 Å². The third-order valence-electron chi connectivity index (χ3n) is 4.32. The standard InChI is InChI=1S/C19H14O3/c20-15-11-12-16-17(15)18(21)19(22-16,13-7-3-1-4-8-13)14-9-5-2-6-10-14/h1-10H,11-12H2. The Morgan fingerprint density at radius 2 is 1.32 bits per heavy atom. The van der Waals surface area contributed by atoms with Crippen molar-refractivity contribution in [2.24, 2.45) is 0 Å². The van der Waals surface area contributed by atoms with Gasteiger partial charge in [0, 0.05) is 24.0 Å². The predicted molar refractivity (Wildman–Crippen MR) is 81.0 cm³/mol. The van der Waals surface area contributed by atoms with Gasteiger partial charge in [0.25, 0.3) is 0 Å². The maximum absolute atomic E-state index is 13.1. The van der Waals surface area contributed by atoms with Gasteiger partial charge in [0.1, 0.15) is 11.3 Å². The molecule has 0 atom stereocenters. The summed E-state index contributed by atoms with van der Waals surface area (Å²) in [5.41, 5.74) is 0.554. The van der Waals surface area contributed by atoms with E-state index in [9.17, 15) is 9.59 Å². The van der Waals surface area contributed by atoms with E-state index in [2.05, 4.69) is 0 Å². The number of rotatable bonds is 2. The molecular formula is C19H14O3. The lowest BCUT2D eigenvalue weighted by Gasteiger charge is -2.30. The second-order valence-corrected chi connectivity index (χ2v) is 5.57. The van der Waals surface area contributed by atoms with Crippen molar-refractivity contribution in [3.05, 3.63) is 83.1 Å². The Balaban J connectivity index is 1.94. The Hall–Kier alpha value is -2.68. The molecule has 108 valence electrons. The first-order chi connectivity index (χ1) is 10.7. The summed E-state index contributed by atoms with van der Waals surface area (Å²) in [6.45, 7) is 0. The SMILES string of the molecule is O=C1CCC2=C1C(=O)C(c1ccccc1)(c1ccccc1)O2. The lowest BCUT2D eigenvalue weighted by Crippen LogP contribution is -2.37. The average molecular weight is 290 g/mol. The van der Waals surface area contributed by atoms with Crippen molar-refractivity contribution in [2.75, 3.05) is 0 Å². The summed E-state index contributed by atoms with van der Waals surface area (Å²) in [7, 11) is 0. The second-order valence-electron chi connectivity index (χ2n) is 5.57. The molecule has 3 heteroatoms. The zero-order valence-corrected chi connectivity index (χ0v) is 11.9. The van der Waals surface area contributed by atoms with Crippen molar-refractivity contribution >= 4 is 11.6 Å². The highest BCUT2D eigenvalue weighted by atomic mass is 16.5. The van der Waals surface area contributed by atoms with Crippen LogP contribution in [-0.2, 0) is 19.9 Å². The van der Waals surface area contributed by atoms with Crippen LogP contribution in [0.4, 0.5) is 0 Å². The van der Waals surface area contributed by atoms with E-state index in [-0.39, 0.29) is 17.1 Å². The van der Waals surface area contributed by atoms with Crippen LogP contribution in [0.3, 0.4) is 0 Å². The van der Waals surface area contributed by atoms with Crippen LogP contribution in [0.2, 0.25) is 0 Å². The summed E-state index contributed by atoms with van der Waals surface area (Å²) >= 11 is 0. The Morgan fingerprint density at radius 3 is 1.82 bits per heavy atom. The van der Waals surface area contributed by atoms with Gasteiger partial charge in [0.05, 0.1) is 0 Å². The fraction of sp³-hybridized carbons (Fsp3) is 0.158. The van der Waals surface area contributed by atoms with E-state index >= 15 is 0 Å². The van der Waals surface area contributed by atoms with E-state index in [1.165, 1.54) is 0 Å². The molecule has 1 aliphatic carbocycles. The number of allylic oxidation sites excluding steroid dienone is 1. The van der Waals surface area contributed by atoms with Gasteiger partial charge in [-0.15, -0.1) is 0 Å². The van der Waals surface area contributed by atoms with Crippen LogP contribution in [0, 0.1) is 0 Å². The van der Waals surface area contributed by atoms with Crippen LogP contribution in [0.25, 0.3) is 0 Å². The first-order valence-electron chi connectivity index (χ1n) is 7.34. The molecule has 0 fully saturated rings. The molecule has 1 aliphatic heterocycles. The molecule has 0 spiro atoms. The smallest absolute Gasteiger partial charge is 0.222 e. The summed E-state index contributed by atoms with van der Waals surface area (Å²) in [5.74, 6) is 0.207. The first-order valence-corrected chi connectivity index (χ1v) is 7.34. The second kappa shape index (κ2) is 4.67. The lowest BCUT2D eigenvalue weighted by molar-refractivity contribution is -0.130. The molecule has 22 heavy (non-hydrogen) atoms. The normalized spacial score (nSPS) is 19.3. The summed E-state index contributed by atoms with van der Waals surface area (Å²) in [4.78, 5) is 25.2. The predicted octanol–water partition coefficient (Wildman–Crippen LogP) is 3.15. The Kier molecular flexibility index (Phi) is 2.76. The van der Waals surface area contributed by atoms with Crippen molar-refractivity contribution in [3.8, 4) is 0 Å². The molecule has 0 aromatic heterocycles. The Morgan fingerprint density at radius 1 is 0.773 bits per heavy atom. The maximum Gasteiger partial charge on any atom is 0.222 e. The topological polar surface area (TPSA) is 43.4 Å².